The van der Waals surface area contributed by atoms with Crippen LogP contribution in [0.5, 0.6) is 0 Å². The normalized spacial score (nSPS) is 40.4. The van der Waals surface area contributed by atoms with Gasteiger partial charge in [-0.2, -0.15) is 0 Å². The predicted octanol–water partition coefficient (Wildman–Crippen LogP) is 2.49. The monoisotopic (exact) mass is 188 g/mol. The first-order valence-electron chi connectivity index (χ1n) is 5.55. The van der Waals surface area contributed by atoms with E-state index in [9.17, 15) is 5.11 Å². The molecule has 3 atom stereocenters. The van der Waals surface area contributed by atoms with Crippen LogP contribution in [0.4, 0.5) is 0 Å². The van der Waals surface area contributed by atoms with Crippen molar-refractivity contribution in [2.24, 2.45) is 5.92 Å². The second kappa shape index (κ2) is 2.83. The van der Waals surface area contributed by atoms with E-state index >= 15 is 0 Å². The molecule has 0 amide bonds. The van der Waals surface area contributed by atoms with Crippen LogP contribution in [-0.4, -0.2) is 11.2 Å². The van der Waals surface area contributed by atoms with E-state index in [1.54, 1.807) is 0 Å². The largest absolute Gasteiger partial charge is 0.393 e. The van der Waals surface area contributed by atoms with Gasteiger partial charge in [0.05, 0.1) is 6.10 Å². The fraction of sp³-hybridized carbons (Fsp3) is 0.538. The summed E-state index contributed by atoms with van der Waals surface area (Å²) in [7, 11) is 0. The topological polar surface area (TPSA) is 20.2 Å². The minimum Gasteiger partial charge on any atom is -0.393 e. The molecule has 2 aliphatic carbocycles. The maximum atomic E-state index is 9.57. The van der Waals surface area contributed by atoms with Crippen molar-refractivity contribution in [3.05, 3.63) is 35.9 Å². The average molecular weight is 188 g/mol. The van der Waals surface area contributed by atoms with E-state index in [1.165, 1.54) is 18.4 Å². The molecule has 1 nitrogen and oxygen atoms in total. The third-order valence-corrected chi connectivity index (χ3v) is 4.06. The molecule has 0 radical (unpaired) electrons. The molecule has 2 aliphatic rings. The van der Waals surface area contributed by atoms with E-state index in [2.05, 4.69) is 30.3 Å². The summed E-state index contributed by atoms with van der Waals surface area (Å²) in [6.07, 6.45) is 4.47. The molecular formula is C13H16O. The van der Waals surface area contributed by atoms with Gasteiger partial charge in [0, 0.05) is 0 Å². The maximum Gasteiger partial charge on any atom is 0.0543 e. The van der Waals surface area contributed by atoms with Crippen LogP contribution in [0.1, 0.15) is 31.2 Å². The highest BCUT2D eigenvalue weighted by atomic mass is 16.3. The van der Waals surface area contributed by atoms with Crippen LogP contribution in [-0.2, 0) is 5.41 Å². The number of benzene rings is 1. The lowest BCUT2D eigenvalue weighted by atomic mass is 9.82. The van der Waals surface area contributed by atoms with Crippen LogP contribution < -0.4 is 0 Å². The van der Waals surface area contributed by atoms with Gasteiger partial charge in [-0.1, -0.05) is 30.3 Å². The van der Waals surface area contributed by atoms with Crippen LogP contribution in [0.3, 0.4) is 0 Å². The highest BCUT2D eigenvalue weighted by Gasteiger charge is 2.57. The van der Waals surface area contributed by atoms with Gasteiger partial charge >= 0.3 is 0 Å². The third kappa shape index (κ3) is 1.12. The van der Waals surface area contributed by atoms with Crippen molar-refractivity contribution in [1.29, 1.82) is 0 Å². The molecule has 1 N–H and O–H groups in total. The zero-order valence-electron chi connectivity index (χ0n) is 8.32. The molecule has 2 fully saturated rings. The van der Waals surface area contributed by atoms with Crippen LogP contribution in [0.25, 0.3) is 0 Å². The van der Waals surface area contributed by atoms with E-state index < -0.39 is 0 Å². The van der Waals surface area contributed by atoms with Crippen LogP contribution >= 0.6 is 0 Å². The van der Waals surface area contributed by atoms with Crippen molar-refractivity contribution in [3.8, 4) is 0 Å². The van der Waals surface area contributed by atoms with Gasteiger partial charge in [-0.05, 0) is 42.6 Å². The number of fused-ring (bicyclic) bond motifs is 1. The van der Waals surface area contributed by atoms with E-state index in [0.717, 1.165) is 18.8 Å². The smallest absolute Gasteiger partial charge is 0.0543 e. The second-order valence-electron chi connectivity index (χ2n) is 4.85. The Morgan fingerprint density at radius 1 is 1.21 bits per heavy atom. The molecule has 14 heavy (non-hydrogen) atoms. The zero-order valence-corrected chi connectivity index (χ0v) is 8.32. The van der Waals surface area contributed by atoms with Crippen LogP contribution in [0.15, 0.2) is 30.3 Å². The summed E-state index contributed by atoms with van der Waals surface area (Å²) >= 11 is 0. The van der Waals surface area contributed by atoms with Crippen molar-refractivity contribution in [1.82, 2.24) is 0 Å². The summed E-state index contributed by atoms with van der Waals surface area (Å²) in [6.45, 7) is 0. The van der Waals surface area contributed by atoms with Gasteiger partial charge in [-0.15, -0.1) is 0 Å². The van der Waals surface area contributed by atoms with Gasteiger partial charge in [-0.25, -0.2) is 0 Å². The Balaban J connectivity index is 1.88. The quantitative estimate of drug-likeness (QED) is 0.718. The van der Waals surface area contributed by atoms with Gasteiger partial charge in [0.25, 0.3) is 0 Å². The Kier molecular flexibility index (Phi) is 1.72. The minimum atomic E-state index is -0.0284. The van der Waals surface area contributed by atoms with Gasteiger partial charge < -0.3 is 5.11 Å². The molecule has 3 rings (SSSR count). The van der Waals surface area contributed by atoms with Crippen molar-refractivity contribution in [2.45, 2.75) is 37.2 Å². The first-order valence-corrected chi connectivity index (χ1v) is 5.55. The van der Waals surface area contributed by atoms with E-state index in [1.807, 2.05) is 0 Å². The molecule has 0 bridgehead atoms. The van der Waals surface area contributed by atoms with Crippen molar-refractivity contribution in [2.75, 3.05) is 0 Å². The summed E-state index contributed by atoms with van der Waals surface area (Å²) in [5.41, 5.74) is 1.96. The lowest BCUT2D eigenvalue weighted by molar-refractivity contribution is 0.119. The molecule has 2 saturated carbocycles. The van der Waals surface area contributed by atoms with E-state index in [-0.39, 0.29) is 6.10 Å². The Hall–Kier alpha value is -0.820. The zero-order chi connectivity index (χ0) is 9.60. The molecule has 0 aliphatic heterocycles. The molecule has 74 valence electrons. The van der Waals surface area contributed by atoms with Gasteiger partial charge in [0.1, 0.15) is 0 Å². The maximum absolute atomic E-state index is 9.57. The fourth-order valence-electron chi connectivity index (χ4n) is 3.13. The molecule has 0 spiro atoms. The molecule has 3 unspecified atom stereocenters. The summed E-state index contributed by atoms with van der Waals surface area (Å²) in [5.74, 6) is 0.758. The Labute approximate surface area is 84.8 Å². The minimum absolute atomic E-state index is 0.0284. The average Bonchev–Trinajstić information content (AvgIpc) is 2.94. The Bertz CT molecular complexity index is 332. The first kappa shape index (κ1) is 8.49. The van der Waals surface area contributed by atoms with E-state index in [4.69, 9.17) is 0 Å². The summed E-state index contributed by atoms with van der Waals surface area (Å²) in [4.78, 5) is 0. The van der Waals surface area contributed by atoms with Crippen molar-refractivity contribution in [3.63, 3.8) is 0 Å². The second-order valence-corrected chi connectivity index (χ2v) is 4.85. The number of rotatable bonds is 1. The Morgan fingerprint density at radius 3 is 2.71 bits per heavy atom. The number of hydrogen-bond donors (Lipinski definition) is 1. The molecule has 1 aromatic rings. The standard InChI is InChI=1S/C13H16O/c14-12-6-7-13(9-11(13)8-12)10-4-2-1-3-5-10/h1-5,11-12,14H,6-9H2. The SMILES string of the molecule is OC1CCC2(c3ccccc3)CC2C1. The number of hydrogen-bond acceptors (Lipinski definition) is 1. The first-order chi connectivity index (χ1) is 6.81. The third-order valence-electron chi connectivity index (χ3n) is 4.06. The van der Waals surface area contributed by atoms with Crippen LogP contribution in [0, 0.1) is 5.92 Å². The molecule has 1 aromatic carbocycles. The molecular weight excluding hydrogens is 172 g/mol. The predicted molar refractivity (Wildman–Crippen MR) is 56.1 cm³/mol. The molecule has 0 aromatic heterocycles. The lowest BCUT2D eigenvalue weighted by Gasteiger charge is -2.25. The highest BCUT2D eigenvalue weighted by molar-refractivity contribution is 5.34. The van der Waals surface area contributed by atoms with Crippen LogP contribution in [0.2, 0.25) is 0 Å². The summed E-state index contributed by atoms with van der Waals surface area (Å²) < 4.78 is 0. The Morgan fingerprint density at radius 2 is 2.00 bits per heavy atom. The number of aliphatic hydroxyl groups excluding tert-OH is 1. The molecule has 0 heterocycles. The van der Waals surface area contributed by atoms with E-state index in [0.29, 0.717) is 5.41 Å². The van der Waals surface area contributed by atoms with Crippen molar-refractivity contribution < 1.29 is 5.11 Å². The lowest BCUT2D eigenvalue weighted by Crippen LogP contribution is -2.22. The van der Waals surface area contributed by atoms with Gasteiger partial charge in [0.2, 0.25) is 0 Å². The molecule has 0 saturated heterocycles. The number of aliphatic hydroxyl groups is 1. The highest BCUT2D eigenvalue weighted by Crippen LogP contribution is 2.62. The molecule has 1 heteroatoms. The van der Waals surface area contributed by atoms with Crippen molar-refractivity contribution >= 4 is 0 Å². The summed E-state index contributed by atoms with van der Waals surface area (Å²) in [6, 6.07) is 10.8. The summed E-state index contributed by atoms with van der Waals surface area (Å²) in [5, 5.41) is 9.57. The fourth-order valence-corrected chi connectivity index (χ4v) is 3.13. The van der Waals surface area contributed by atoms with Gasteiger partial charge in [0.15, 0.2) is 0 Å². The van der Waals surface area contributed by atoms with Gasteiger partial charge in [-0.3, -0.25) is 0 Å².